The average molecular weight is 554 g/mol. The zero-order valence-corrected chi connectivity index (χ0v) is 22.8. The molecular formula is C24H30Cl2N6OS2. The Kier molecular flexibility index (Phi) is 10.2. The van der Waals surface area contributed by atoms with Gasteiger partial charge in [0.05, 0.1) is 29.8 Å². The molecule has 0 bridgehead atoms. The first kappa shape index (κ1) is 27.7. The van der Waals surface area contributed by atoms with E-state index in [4.69, 9.17) is 17.0 Å². The van der Waals surface area contributed by atoms with Crippen LogP contribution in [-0.4, -0.2) is 63.0 Å². The second-order valence-corrected chi connectivity index (χ2v) is 9.57. The number of anilines is 1. The monoisotopic (exact) mass is 552 g/mol. The number of nitrogens with zero attached hydrogens (tertiary/aromatic N) is 4. The molecule has 2 aromatic carbocycles. The molecule has 188 valence electrons. The quantitative estimate of drug-likeness (QED) is 0.219. The lowest BCUT2D eigenvalue weighted by Gasteiger charge is -2.26. The smallest absolute Gasteiger partial charge is 0.178 e. The van der Waals surface area contributed by atoms with E-state index in [-0.39, 0.29) is 24.8 Å². The maximum absolute atomic E-state index is 5.47. The van der Waals surface area contributed by atoms with E-state index in [1.807, 2.05) is 11.8 Å². The molecule has 0 aliphatic carbocycles. The summed E-state index contributed by atoms with van der Waals surface area (Å²) in [7, 11) is 0. The van der Waals surface area contributed by atoms with Crippen molar-refractivity contribution in [2.24, 2.45) is 0 Å². The van der Waals surface area contributed by atoms with Gasteiger partial charge in [-0.3, -0.25) is 4.90 Å². The van der Waals surface area contributed by atoms with Gasteiger partial charge in [-0.15, -0.1) is 36.6 Å². The molecule has 35 heavy (non-hydrogen) atoms. The van der Waals surface area contributed by atoms with E-state index in [1.54, 1.807) is 6.33 Å². The van der Waals surface area contributed by atoms with Crippen molar-refractivity contribution in [3.05, 3.63) is 53.1 Å². The summed E-state index contributed by atoms with van der Waals surface area (Å²) >= 11 is 7.39. The number of halogens is 2. The number of fused-ring (bicyclic) bond motifs is 2. The minimum Gasteiger partial charge on any atom is -0.379 e. The highest BCUT2D eigenvalue weighted by Crippen LogP contribution is 2.27. The van der Waals surface area contributed by atoms with Crippen molar-refractivity contribution in [1.82, 2.24) is 24.4 Å². The van der Waals surface area contributed by atoms with Gasteiger partial charge in [0.25, 0.3) is 0 Å². The number of aromatic amines is 1. The van der Waals surface area contributed by atoms with Crippen molar-refractivity contribution in [2.75, 3.05) is 43.9 Å². The molecule has 4 aromatic rings. The van der Waals surface area contributed by atoms with Gasteiger partial charge in [-0.25, -0.2) is 9.97 Å². The number of imidazole rings is 1. The molecule has 2 N–H and O–H groups in total. The van der Waals surface area contributed by atoms with E-state index in [0.29, 0.717) is 6.54 Å². The highest BCUT2D eigenvalue weighted by Gasteiger charge is 2.12. The minimum absolute atomic E-state index is 0. The maximum atomic E-state index is 5.47. The SMILES string of the molecule is CCn1c(=S)[nH]c2cc3c(NCc4ccccc4SCCN4CCOCC4)ncnc3cc21.Cl.Cl. The second kappa shape index (κ2) is 12.9. The fourth-order valence-electron chi connectivity index (χ4n) is 4.24. The van der Waals surface area contributed by atoms with Crippen molar-refractivity contribution in [3.8, 4) is 0 Å². The van der Waals surface area contributed by atoms with Crippen LogP contribution >= 0.6 is 48.8 Å². The topological polar surface area (TPSA) is 71.0 Å². The summed E-state index contributed by atoms with van der Waals surface area (Å²) in [5, 5.41) is 4.53. The third-order valence-corrected chi connectivity index (χ3v) is 7.45. The first-order valence-electron chi connectivity index (χ1n) is 11.3. The van der Waals surface area contributed by atoms with Crippen molar-refractivity contribution >= 4 is 76.5 Å². The molecule has 1 aliphatic heterocycles. The Balaban J connectivity index is 0.00000171. The van der Waals surface area contributed by atoms with Gasteiger partial charge in [-0.1, -0.05) is 18.2 Å². The number of H-pyrrole nitrogens is 1. The molecule has 0 unspecified atom stereocenters. The number of morpholine rings is 1. The number of ether oxygens (including phenoxy) is 1. The molecule has 1 fully saturated rings. The number of hydrogen-bond donors (Lipinski definition) is 2. The lowest BCUT2D eigenvalue weighted by molar-refractivity contribution is 0.0410. The lowest BCUT2D eigenvalue weighted by atomic mass is 10.2. The number of rotatable bonds is 8. The van der Waals surface area contributed by atoms with Crippen molar-refractivity contribution in [1.29, 1.82) is 0 Å². The summed E-state index contributed by atoms with van der Waals surface area (Å²) in [5.41, 5.74) is 4.26. The zero-order valence-electron chi connectivity index (χ0n) is 19.5. The Labute approximate surface area is 226 Å². The molecule has 7 nitrogen and oxygen atoms in total. The predicted molar refractivity (Wildman–Crippen MR) is 152 cm³/mol. The Morgan fingerprint density at radius 3 is 2.74 bits per heavy atom. The molecule has 0 atom stereocenters. The zero-order chi connectivity index (χ0) is 22.6. The van der Waals surface area contributed by atoms with Crippen molar-refractivity contribution in [3.63, 3.8) is 0 Å². The Hall–Kier alpha value is -1.88. The van der Waals surface area contributed by atoms with Gasteiger partial charge >= 0.3 is 0 Å². The Morgan fingerprint density at radius 1 is 1.14 bits per heavy atom. The first-order valence-corrected chi connectivity index (χ1v) is 12.7. The van der Waals surface area contributed by atoms with Crippen LogP contribution in [0.3, 0.4) is 0 Å². The maximum Gasteiger partial charge on any atom is 0.178 e. The standard InChI is InChI=1S/C24H28N6OS2.2ClH/c1-2-30-21-14-19-18(13-20(21)28-24(30)32)23(27-16-26-19)25-15-17-5-3-4-6-22(17)33-12-9-29-7-10-31-11-8-29;;/h3-6,13-14,16H,2,7-12,15H2,1H3,(H,28,32)(H,25,26,27);2*1H. The Bertz CT molecular complexity index is 1320. The van der Waals surface area contributed by atoms with Crippen LogP contribution in [0.1, 0.15) is 12.5 Å². The van der Waals surface area contributed by atoms with Crippen LogP contribution in [-0.2, 0) is 17.8 Å². The van der Waals surface area contributed by atoms with E-state index >= 15 is 0 Å². The summed E-state index contributed by atoms with van der Waals surface area (Å²) in [6, 6.07) is 12.8. The molecule has 0 radical (unpaired) electrons. The Morgan fingerprint density at radius 2 is 1.94 bits per heavy atom. The number of aromatic nitrogens is 4. The van der Waals surface area contributed by atoms with Crippen molar-refractivity contribution < 1.29 is 4.74 Å². The van der Waals surface area contributed by atoms with Crippen LogP contribution < -0.4 is 5.32 Å². The molecule has 2 aromatic heterocycles. The highest BCUT2D eigenvalue weighted by molar-refractivity contribution is 7.99. The largest absolute Gasteiger partial charge is 0.379 e. The van der Waals surface area contributed by atoms with Crippen LogP contribution in [0.2, 0.25) is 0 Å². The molecule has 0 spiro atoms. The van der Waals surface area contributed by atoms with Crippen LogP contribution in [0.5, 0.6) is 0 Å². The molecule has 0 amide bonds. The molecule has 5 rings (SSSR count). The van der Waals surface area contributed by atoms with Gasteiger partial charge in [0.2, 0.25) is 0 Å². The summed E-state index contributed by atoms with van der Waals surface area (Å²) in [6.07, 6.45) is 1.62. The van der Waals surface area contributed by atoms with Gasteiger partial charge in [-0.2, -0.15) is 0 Å². The van der Waals surface area contributed by atoms with Crippen LogP contribution in [0.25, 0.3) is 21.9 Å². The van der Waals surface area contributed by atoms with E-state index < -0.39 is 0 Å². The van der Waals surface area contributed by atoms with Gasteiger partial charge < -0.3 is 19.6 Å². The molecule has 1 aliphatic rings. The molecule has 0 saturated carbocycles. The lowest BCUT2D eigenvalue weighted by Crippen LogP contribution is -2.37. The van der Waals surface area contributed by atoms with Crippen LogP contribution in [0.4, 0.5) is 5.82 Å². The number of thioether (sulfide) groups is 1. The third kappa shape index (κ3) is 6.28. The summed E-state index contributed by atoms with van der Waals surface area (Å²) in [5.74, 6) is 1.90. The highest BCUT2D eigenvalue weighted by atomic mass is 35.5. The fourth-order valence-corrected chi connectivity index (χ4v) is 5.65. The predicted octanol–water partition coefficient (Wildman–Crippen LogP) is 5.54. The van der Waals surface area contributed by atoms with E-state index in [0.717, 1.165) is 77.7 Å². The number of benzene rings is 2. The number of hydrogen-bond acceptors (Lipinski definition) is 7. The van der Waals surface area contributed by atoms with E-state index in [2.05, 4.69) is 73.1 Å². The second-order valence-electron chi connectivity index (χ2n) is 8.05. The summed E-state index contributed by atoms with van der Waals surface area (Å²) in [4.78, 5) is 16.1. The van der Waals surface area contributed by atoms with Gasteiger partial charge in [0.15, 0.2) is 4.77 Å². The summed E-state index contributed by atoms with van der Waals surface area (Å²) in [6.45, 7) is 8.46. The number of aryl methyl sites for hydroxylation is 1. The molecule has 1 saturated heterocycles. The summed E-state index contributed by atoms with van der Waals surface area (Å²) < 4.78 is 8.27. The number of nitrogens with one attached hydrogen (secondary N) is 2. The van der Waals surface area contributed by atoms with Crippen LogP contribution in [0, 0.1) is 4.77 Å². The minimum atomic E-state index is 0. The molecule has 11 heteroatoms. The van der Waals surface area contributed by atoms with Gasteiger partial charge in [0.1, 0.15) is 12.1 Å². The average Bonchev–Trinajstić information content (AvgIpc) is 3.16. The molecular weight excluding hydrogens is 523 g/mol. The van der Waals surface area contributed by atoms with Gasteiger partial charge in [-0.05, 0) is 42.9 Å². The molecule has 3 heterocycles. The normalized spacial score (nSPS) is 14.0. The first-order chi connectivity index (χ1) is 16.2. The van der Waals surface area contributed by atoms with E-state index in [1.165, 1.54) is 10.5 Å². The third-order valence-electron chi connectivity index (χ3n) is 6.03. The fraction of sp³-hybridized carbons (Fsp3) is 0.375. The van der Waals surface area contributed by atoms with Crippen LogP contribution in [0.15, 0.2) is 47.6 Å². The van der Waals surface area contributed by atoms with Crippen molar-refractivity contribution in [2.45, 2.75) is 24.9 Å². The van der Waals surface area contributed by atoms with E-state index in [9.17, 15) is 0 Å². The van der Waals surface area contributed by atoms with Gasteiger partial charge in [0, 0.05) is 48.8 Å².